The Balaban J connectivity index is 1.95. The fraction of sp³-hybridized carbons (Fsp3) is 0.400. The van der Waals surface area contributed by atoms with Gasteiger partial charge in [-0.2, -0.15) is 4.99 Å². The first kappa shape index (κ1) is 19.8. The molecule has 10 heteroatoms. The Morgan fingerprint density at radius 2 is 2.12 bits per heavy atom. The first-order chi connectivity index (χ1) is 11.9. The standard InChI is InChI=1S/C15H13ClFNO5S2/c1-8(19)22-12-4-21-5-13(12)23-15(20)6-25-14-3-11(18-7-24)10(17)2-9(14)16/h2-3,12-13H,4-6H2,1H3. The summed E-state index contributed by atoms with van der Waals surface area (Å²) in [6.45, 7) is 1.59. The molecule has 134 valence electrons. The molecule has 1 heterocycles. The van der Waals surface area contributed by atoms with Gasteiger partial charge in [0.2, 0.25) is 0 Å². The van der Waals surface area contributed by atoms with Crippen LogP contribution in [0.5, 0.6) is 0 Å². The van der Waals surface area contributed by atoms with Crippen molar-refractivity contribution in [3.63, 3.8) is 0 Å². The van der Waals surface area contributed by atoms with Crippen molar-refractivity contribution in [2.24, 2.45) is 4.99 Å². The maximum Gasteiger partial charge on any atom is 0.316 e. The molecular weight excluding hydrogens is 393 g/mol. The van der Waals surface area contributed by atoms with Gasteiger partial charge < -0.3 is 14.2 Å². The van der Waals surface area contributed by atoms with Crippen molar-refractivity contribution in [2.75, 3.05) is 19.0 Å². The van der Waals surface area contributed by atoms with E-state index in [9.17, 15) is 14.0 Å². The second-order valence-electron chi connectivity index (χ2n) is 4.94. The molecule has 1 aromatic carbocycles. The number of hydrogen-bond acceptors (Lipinski definition) is 8. The van der Waals surface area contributed by atoms with E-state index in [2.05, 4.69) is 22.4 Å². The van der Waals surface area contributed by atoms with Crippen molar-refractivity contribution in [3.8, 4) is 0 Å². The van der Waals surface area contributed by atoms with E-state index in [1.807, 2.05) is 0 Å². The SMILES string of the molecule is CC(=O)OC1COCC1OC(=O)CSc1cc(N=C=S)c(F)cc1Cl. The fourth-order valence-electron chi connectivity index (χ4n) is 2.05. The molecule has 0 bridgehead atoms. The number of thioether (sulfide) groups is 1. The topological polar surface area (TPSA) is 74.2 Å². The summed E-state index contributed by atoms with van der Waals surface area (Å²) in [5.74, 6) is -1.73. The molecule has 0 spiro atoms. The van der Waals surface area contributed by atoms with E-state index in [-0.39, 0.29) is 29.7 Å². The zero-order valence-corrected chi connectivity index (χ0v) is 15.4. The first-order valence-corrected chi connectivity index (χ1v) is 8.82. The molecular formula is C15H13ClFNO5S2. The molecule has 1 fully saturated rings. The number of aliphatic imine (C=N–C) groups is 1. The van der Waals surface area contributed by atoms with Crippen LogP contribution < -0.4 is 0 Å². The Hall–Kier alpha value is -1.51. The Morgan fingerprint density at radius 1 is 1.44 bits per heavy atom. The third kappa shape index (κ3) is 5.76. The normalized spacial score (nSPS) is 19.2. The lowest BCUT2D eigenvalue weighted by molar-refractivity contribution is -0.160. The molecule has 1 saturated heterocycles. The minimum absolute atomic E-state index is 0.0191. The molecule has 2 unspecified atom stereocenters. The van der Waals surface area contributed by atoms with E-state index in [1.165, 1.54) is 13.0 Å². The van der Waals surface area contributed by atoms with Crippen molar-refractivity contribution < 1.29 is 28.2 Å². The Bertz CT molecular complexity index is 726. The Kier molecular flexibility index (Phi) is 7.34. The number of halogens is 2. The van der Waals surface area contributed by atoms with Crippen molar-refractivity contribution >= 4 is 58.4 Å². The van der Waals surface area contributed by atoms with Crippen LogP contribution in [0.3, 0.4) is 0 Å². The zero-order valence-electron chi connectivity index (χ0n) is 13.0. The fourth-order valence-corrected chi connectivity index (χ4v) is 3.20. The van der Waals surface area contributed by atoms with Gasteiger partial charge in [-0.25, -0.2) is 4.39 Å². The molecule has 0 radical (unpaired) electrons. The van der Waals surface area contributed by atoms with Crippen LogP contribution in [0.4, 0.5) is 10.1 Å². The van der Waals surface area contributed by atoms with Crippen LogP contribution in [0, 0.1) is 5.82 Å². The van der Waals surface area contributed by atoms with Gasteiger partial charge in [-0.3, -0.25) is 9.59 Å². The Morgan fingerprint density at radius 3 is 2.76 bits per heavy atom. The van der Waals surface area contributed by atoms with Crippen LogP contribution in [0.15, 0.2) is 22.0 Å². The average molecular weight is 406 g/mol. The maximum atomic E-state index is 13.6. The van der Waals surface area contributed by atoms with Crippen molar-refractivity contribution in [1.82, 2.24) is 0 Å². The van der Waals surface area contributed by atoms with E-state index in [4.69, 9.17) is 25.8 Å². The molecule has 0 aliphatic carbocycles. The van der Waals surface area contributed by atoms with E-state index in [0.717, 1.165) is 17.8 Å². The molecule has 0 saturated carbocycles. The predicted octanol–water partition coefficient (Wildman–Crippen LogP) is 3.18. The summed E-state index contributed by atoms with van der Waals surface area (Å²) < 4.78 is 29.0. The minimum Gasteiger partial charge on any atom is -0.456 e. The highest BCUT2D eigenvalue weighted by Crippen LogP contribution is 2.33. The summed E-state index contributed by atoms with van der Waals surface area (Å²) in [5, 5.41) is 2.21. The van der Waals surface area contributed by atoms with Crippen molar-refractivity contribution in [2.45, 2.75) is 24.0 Å². The number of thiocarbonyl (C=S) groups is 1. The van der Waals surface area contributed by atoms with Crippen molar-refractivity contribution in [1.29, 1.82) is 0 Å². The number of benzene rings is 1. The van der Waals surface area contributed by atoms with Crippen LogP contribution in [0.2, 0.25) is 5.02 Å². The lowest BCUT2D eigenvalue weighted by Gasteiger charge is -2.17. The van der Waals surface area contributed by atoms with Gasteiger partial charge >= 0.3 is 11.9 Å². The zero-order chi connectivity index (χ0) is 18.4. The first-order valence-electron chi connectivity index (χ1n) is 7.05. The number of rotatable bonds is 6. The monoisotopic (exact) mass is 405 g/mol. The molecule has 0 N–H and O–H groups in total. The lowest BCUT2D eigenvalue weighted by Crippen LogP contribution is -2.33. The summed E-state index contributed by atoms with van der Waals surface area (Å²) in [5.41, 5.74) is -0.0191. The van der Waals surface area contributed by atoms with Gasteiger partial charge in [0.15, 0.2) is 18.0 Å². The van der Waals surface area contributed by atoms with Gasteiger partial charge in [0.1, 0.15) is 5.69 Å². The number of carbonyl (C=O) groups excluding carboxylic acids is 2. The van der Waals surface area contributed by atoms with E-state index >= 15 is 0 Å². The molecule has 2 atom stereocenters. The third-order valence-electron chi connectivity index (χ3n) is 3.09. The summed E-state index contributed by atoms with van der Waals surface area (Å²) >= 11 is 11.5. The van der Waals surface area contributed by atoms with Crippen LogP contribution in [0.1, 0.15) is 6.92 Å². The van der Waals surface area contributed by atoms with Crippen LogP contribution >= 0.6 is 35.6 Å². The summed E-state index contributed by atoms with van der Waals surface area (Å²) in [6, 6.07) is 2.46. The molecule has 0 amide bonds. The maximum absolute atomic E-state index is 13.6. The molecule has 6 nitrogen and oxygen atoms in total. The summed E-state index contributed by atoms with van der Waals surface area (Å²) in [7, 11) is 0. The van der Waals surface area contributed by atoms with Gasteiger partial charge in [0.05, 0.1) is 29.2 Å². The van der Waals surface area contributed by atoms with Gasteiger partial charge in [0, 0.05) is 11.8 Å². The van der Waals surface area contributed by atoms with Gasteiger partial charge in [-0.15, -0.1) is 11.8 Å². The third-order valence-corrected chi connectivity index (χ3v) is 4.64. The summed E-state index contributed by atoms with van der Waals surface area (Å²) in [6.07, 6.45) is -1.28. The molecule has 25 heavy (non-hydrogen) atoms. The number of isothiocyanates is 1. The van der Waals surface area contributed by atoms with Crippen LogP contribution in [0.25, 0.3) is 0 Å². The van der Waals surface area contributed by atoms with Crippen LogP contribution in [-0.2, 0) is 23.8 Å². The van der Waals surface area contributed by atoms with E-state index in [1.54, 1.807) is 0 Å². The molecule has 0 aromatic heterocycles. The van der Waals surface area contributed by atoms with Crippen LogP contribution in [-0.4, -0.2) is 48.3 Å². The molecule has 1 aromatic rings. The predicted molar refractivity (Wildman–Crippen MR) is 93.1 cm³/mol. The number of hydrogen-bond donors (Lipinski definition) is 0. The summed E-state index contributed by atoms with van der Waals surface area (Å²) in [4.78, 5) is 27.0. The number of nitrogens with zero attached hydrogens (tertiary/aromatic N) is 1. The molecule has 1 aliphatic rings. The number of ether oxygens (including phenoxy) is 3. The largest absolute Gasteiger partial charge is 0.456 e. The minimum atomic E-state index is -0.657. The van der Waals surface area contributed by atoms with Gasteiger partial charge in [-0.1, -0.05) is 11.6 Å². The van der Waals surface area contributed by atoms with Crippen molar-refractivity contribution in [3.05, 3.63) is 23.0 Å². The average Bonchev–Trinajstić information content (AvgIpc) is 2.95. The van der Waals surface area contributed by atoms with E-state index in [0.29, 0.717) is 4.90 Å². The number of esters is 2. The Labute approximate surface area is 157 Å². The highest BCUT2D eigenvalue weighted by molar-refractivity contribution is 8.00. The quantitative estimate of drug-likeness (QED) is 0.311. The van der Waals surface area contributed by atoms with E-state index < -0.39 is 30.0 Å². The second-order valence-corrected chi connectivity index (χ2v) is 6.55. The van der Waals surface area contributed by atoms with Gasteiger partial charge in [0.25, 0.3) is 0 Å². The highest BCUT2D eigenvalue weighted by Gasteiger charge is 2.34. The smallest absolute Gasteiger partial charge is 0.316 e. The number of carbonyl (C=O) groups is 2. The lowest BCUT2D eigenvalue weighted by atomic mass is 10.2. The molecule has 1 aliphatic heterocycles. The highest BCUT2D eigenvalue weighted by atomic mass is 35.5. The molecule has 2 rings (SSSR count). The van der Waals surface area contributed by atoms with Gasteiger partial charge in [-0.05, 0) is 24.4 Å². The second kappa shape index (κ2) is 9.26.